The van der Waals surface area contributed by atoms with Crippen LogP contribution in [0, 0.1) is 0 Å². The first-order valence-corrected chi connectivity index (χ1v) is 16.4. The summed E-state index contributed by atoms with van der Waals surface area (Å²) in [7, 11) is 0. The fourth-order valence-corrected chi connectivity index (χ4v) is 7.44. The highest BCUT2D eigenvalue weighted by Crippen LogP contribution is 2.41. The molecule has 5 nitrogen and oxygen atoms in total. The van der Waals surface area contributed by atoms with Gasteiger partial charge in [0.2, 0.25) is 0 Å². The van der Waals surface area contributed by atoms with Crippen molar-refractivity contribution in [3.8, 4) is 11.1 Å². The standard InChI is InChI=1S/C43H31N3O2/c1-3-11-26(12-4-1)34-25-36-32-21-19-29(24-39(32)48-40(36)33-17-8-7-15-30(33)34)43-45-41(27-13-5-2-6-14-27)44-42(46-43)28-20-22-38-35(23-28)31-16-9-10-18-37(31)47-38/h1-25,41-46H. The molecule has 10 rings (SSSR count). The van der Waals surface area contributed by atoms with Crippen LogP contribution in [0.4, 0.5) is 0 Å². The number of furan rings is 2. The van der Waals surface area contributed by atoms with Gasteiger partial charge in [-0.1, -0.05) is 121 Å². The largest absolute Gasteiger partial charge is 0.456 e. The maximum atomic E-state index is 6.71. The molecular formula is C43H31N3O2. The van der Waals surface area contributed by atoms with E-state index in [1.54, 1.807) is 0 Å². The van der Waals surface area contributed by atoms with Crippen LogP contribution in [0.3, 0.4) is 0 Å². The molecule has 230 valence electrons. The molecule has 3 atom stereocenters. The molecule has 5 heteroatoms. The predicted octanol–water partition coefficient (Wildman–Crippen LogP) is 10.5. The minimum Gasteiger partial charge on any atom is -0.456 e. The summed E-state index contributed by atoms with van der Waals surface area (Å²) in [6.45, 7) is 0. The van der Waals surface area contributed by atoms with Gasteiger partial charge in [-0.25, -0.2) is 0 Å². The third-order valence-corrected chi connectivity index (χ3v) is 9.79. The molecule has 3 N–H and O–H groups in total. The molecule has 1 aliphatic rings. The van der Waals surface area contributed by atoms with E-state index in [0.717, 1.165) is 60.4 Å². The van der Waals surface area contributed by atoms with E-state index in [2.05, 4.69) is 155 Å². The van der Waals surface area contributed by atoms with E-state index >= 15 is 0 Å². The van der Waals surface area contributed by atoms with E-state index in [1.807, 2.05) is 12.1 Å². The molecule has 2 aromatic heterocycles. The zero-order valence-electron chi connectivity index (χ0n) is 26.0. The molecule has 0 amide bonds. The first kappa shape index (κ1) is 27.4. The van der Waals surface area contributed by atoms with Crippen molar-refractivity contribution >= 4 is 54.6 Å². The Bertz CT molecular complexity index is 2620. The van der Waals surface area contributed by atoms with Crippen LogP contribution in [0.25, 0.3) is 65.8 Å². The molecule has 0 radical (unpaired) electrons. The number of para-hydroxylation sites is 1. The average molecular weight is 622 g/mol. The van der Waals surface area contributed by atoms with Gasteiger partial charge in [-0.3, -0.25) is 16.0 Å². The number of nitrogens with one attached hydrogen (secondary N) is 3. The molecule has 48 heavy (non-hydrogen) atoms. The van der Waals surface area contributed by atoms with Gasteiger partial charge in [-0.05, 0) is 63.5 Å². The van der Waals surface area contributed by atoms with E-state index in [0.29, 0.717) is 0 Å². The summed E-state index contributed by atoms with van der Waals surface area (Å²) in [5, 5.41) is 18.3. The Morgan fingerprint density at radius 1 is 0.354 bits per heavy atom. The smallest absolute Gasteiger partial charge is 0.143 e. The molecule has 0 saturated carbocycles. The summed E-state index contributed by atoms with van der Waals surface area (Å²) in [5.41, 5.74) is 9.43. The first-order valence-electron chi connectivity index (χ1n) is 16.4. The summed E-state index contributed by atoms with van der Waals surface area (Å²) in [6, 6.07) is 53.3. The molecular weight excluding hydrogens is 590 g/mol. The minimum atomic E-state index is -0.146. The summed E-state index contributed by atoms with van der Waals surface area (Å²) in [4.78, 5) is 0. The van der Waals surface area contributed by atoms with Gasteiger partial charge < -0.3 is 8.83 Å². The summed E-state index contributed by atoms with van der Waals surface area (Å²) in [5.74, 6) is 0. The molecule has 0 aliphatic carbocycles. The van der Waals surface area contributed by atoms with Crippen molar-refractivity contribution in [3.05, 3.63) is 168 Å². The van der Waals surface area contributed by atoms with Gasteiger partial charge in [0.1, 0.15) is 22.3 Å². The zero-order valence-corrected chi connectivity index (χ0v) is 26.0. The molecule has 7 aromatic carbocycles. The second-order valence-electron chi connectivity index (χ2n) is 12.6. The fourth-order valence-electron chi connectivity index (χ4n) is 7.44. The van der Waals surface area contributed by atoms with Gasteiger partial charge in [0, 0.05) is 26.9 Å². The van der Waals surface area contributed by atoms with Gasteiger partial charge in [0.15, 0.2) is 0 Å². The number of hydrogen-bond donors (Lipinski definition) is 3. The Morgan fingerprint density at radius 3 is 1.73 bits per heavy atom. The molecule has 0 bridgehead atoms. The Balaban J connectivity index is 1.08. The number of benzene rings is 7. The third kappa shape index (κ3) is 4.44. The van der Waals surface area contributed by atoms with Gasteiger partial charge in [0.05, 0.1) is 18.5 Å². The highest BCUT2D eigenvalue weighted by atomic mass is 16.3. The second kappa shape index (κ2) is 10.9. The Hall–Kier alpha value is -5.72. The van der Waals surface area contributed by atoms with Crippen molar-refractivity contribution in [1.29, 1.82) is 0 Å². The zero-order chi connectivity index (χ0) is 31.6. The summed E-state index contributed by atoms with van der Waals surface area (Å²) >= 11 is 0. The van der Waals surface area contributed by atoms with Crippen molar-refractivity contribution in [1.82, 2.24) is 16.0 Å². The second-order valence-corrected chi connectivity index (χ2v) is 12.6. The van der Waals surface area contributed by atoms with E-state index in [9.17, 15) is 0 Å². The summed E-state index contributed by atoms with van der Waals surface area (Å²) in [6.07, 6.45) is -0.348. The van der Waals surface area contributed by atoms with Crippen LogP contribution in [-0.2, 0) is 0 Å². The van der Waals surface area contributed by atoms with Crippen LogP contribution in [0.1, 0.15) is 35.2 Å². The quantitative estimate of drug-likeness (QED) is 0.183. The maximum absolute atomic E-state index is 6.71. The molecule has 1 saturated heterocycles. The average Bonchev–Trinajstić information content (AvgIpc) is 3.73. The number of hydrogen-bond acceptors (Lipinski definition) is 5. The van der Waals surface area contributed by atoms with Crippen molar-refractivity contribution < 1.29 is 8.83 Å². The molecule has 3 unspecified atom stereocenters. The number of fused-ring (bicyclic) bond motifs is 8. The monoisotopic (exact) mass is 621 g/mol. The van der Waals surface area contributed by atoms with Crippen LogP contribution in [0.2, 0.25) is 0 Å². The van der Waals surface area contributed by atoms with E-state index in [1.165, 1.54) is 22.1 Å². The SMILES string of the molecule is c1ccc(-c2cc3c4ccc(C5NC(c6ccccc6)NC(c6ccc7oc8ccccc8c7c6)N5)cc4oc3c3ccccc23)cc1. The number of rotatable bonds is 4. The molecule has 1 fully saturated rings. The van der Waals surface area contributed by atoms with Crippen molar-refractivity contribution in [2.75, 3.05) is 0 Å². The van der Waals surface area contributed by atoms with Gasteiger partial charge in [-0.2, -0.15) is 0 Å². The van der Waals surface area contributed by atoms with Gasteiger partial charge in [0.25, 0.3) is 0 Å². The maximum Gasteiger partial charge on any atom is 0.143 e. The lowest BCUT2D eigenvalue weighted by Crippen LogP contribution is -2.54. The van der Waals surface area contributed by atoms with E-state index in [-0.39, 0.29) is 18.5 Å². The third-order valence-electron chi connectivity index (χ3n) is 9.79. The van der Waals surface area contributed by atoms with E-state index in [4.69, 9.17) is 8.83 Å². The Labute approximate surface area is 276 Å². The normalized spacial score (nSPS) is 18.4. The first-order chi connectivity index (χ1) is 23.8. The highest BCUT2D eigenvalue weighted by molar-refractivity contribution is 6.19. The van der Waals surface area contributed by atoms with Crippen LogP contribution < -0.4 is 16.0 Å². The topological polar surface area (TPSA) is 62.4 Å². The fraction of sp³-hybridized carbons (Fsp3) is 0.0698. The van der Waals surface area contributed by atoms with Crippen molar-refractivity contribution in [2.24, 2.45) is 0 Å². The molecule has 9 aromatic rings. The lowest BCUT2D eigenvalue weighted by Gasteiger charge is -2.39. The highest BCUT2D eigenvalue weighted by Gasteiger charge is 2.30. The lowest BCUT2D eigenvalue weighted by molar-refractivity contribution is 0.203. The summed E-state index contributed by atoms with van der Waals surface area (Å²) < 4.78 is 12.8. The van der Waals surface area contributed by atoms with Crippen LogP contribution in [0.15, 0.2) is 160 Å². The van der Waals surface area contributed by atoms with Crippen LogP contribution in [-0.4, -0.2) is 0 Å². The molecule has 0 spiro atoms. The molecule has 1 aliphatic heterocycles. The molecule has 3 heterocycles. The Morgan fingerprint density at radius 2 is 0.938 bits per heavy atom. The lowest BCUT2D eigenvalue weighted by atomic mass is 9.95. The Kier molecular flexibility index (Phi) is 6.24. The predicted molar refractivity (Wildman–Crippen MR) is 194 cm³/mol. The van der Waals surface area contributed by atoms with Crippen molar-refractivity contribution in [3.63, 3.8) is 0 Å². The van der Waals surface area contributed by atoms with E-state index < -0.39 is 0 Å². The van der Waals surface area contributed by atoms with Crippen LogP contribution in [0.5, 0.6) is 0 Å². The minimum absolute atomic E-state index is 0.0806. The van der Waals surface area contributed by atoms with Crippen molar-refractivity contribution in [2.45, 2.75) is 18.5 Å². The van der Waals surface area contributed by atoms with Gasteiger partial charge >= 0.3 is 0 Å². The van der Waals surface area contributed by atoms with Gasteiger partial charge in [-0.15, -0.1) is 0 Å². The van der Waals surface area contributed by atoms with Crippen LogP contribution >= 0.6 is 0 Å².